The highest BCUT2D eigenvalue weighted by molar-refractivity contribution is 5.76. The topological polar surface area (TPSA) is 77.0 Å². The second-order valence-electron chi connectivity index (χ2n) is 6.55. The van der Waals surface area contributed by atoms with Gasteiger partial charge in [-0.05, 0) is 19.3 Å². The Morgan fingerprint density at radius 1 is 1.36 bits per heavy atom. The SMILES string of the molecule is CCc1noc(CCCC(=O)N2CCCC(n3ccnc3CC)C2)n1. The summed E-state index contributed by atoms with van der Waals surface area (Å²) in [6.45, 7) is 5.75. The van der Waals surface area contributed by atoms with Crippen molar-refractivity contribution in [3.05, 3.63) is 29.9 Å². The molecule has 0 N–H and O–H groups in total. The number of likely N-dealkylation sites (tertiary alicyclic amines) is 1. The van der Waals surface area contributed by atoms with E-state index in [1.54, 1.807) is 0 Å². The molecule has 1 saturated heterocycles. The number of rotatable bonds is 7. The van der Waals surface area contributed by atoms with Crippen LogP contribution in [0.3, 0.4) is 0 Å². The number of imidazole rings is 1. The predicted molar refractivity (Wildman–Crippen MR) is 93.1 cm³/mol. The van der Waals surface area contributed by atoms with Crippen molar-refractivity contribution in [3.8, 4) is 0 Å². The van der Waals surface area contributed by atoms with Gasteiger partial charge in [0.25, 0.3) is 0 Å². The number of aromatic nitrogens is 4. The van der Waals surface area contributed by atoms with Crippen LogP contribution >= 0.6 is 0 Å². The Morgan fingerprint density at radius 2 is 2.24 bits per heavy atom. The molecule has 3 rings (SSSR count). The van der Waals surface area contributed by atoms with Gasteiger partial charge in [-0.15, -0.1) is 0 Å². The molecule has 1 atom stereocenters. The number of hydrogen-bond acceptors (Lipinski definition) is 5. The standard InChI is InChI=1S/C18H27N5O2/c1-3-15-20-17(25-21-15)8-5-9-18(24)22-11-6-7-14(13-22)23-12-10-19-16(23)4-2/h10,12,14H,3-9,11,13H2,1-2H3. The summed E-state index contributed by atoms with van der Waals surface area (Å²) in [6, 6.07) is 0.346. The number of amides is 1. The van der Waals surface area contributed by atoms with E-state index in [0.29, 0.717) is 24.8 Å². The third kappa shape index (κ3) is 4.27. The highest BCUT2D eigenvalue weighted by Crippen LogP contribution is 2.23. The molecule has 2 aromatic rings. The lowest BCUT2D eigenvalue weighted by molar-refractivity contribution is -0.132. The van der Waals surface area contributed by atoms with Gasteiger partial charge in [0.2, 0.25) is 11.8 Å². The number of hydrogen-bond donors (Lipinski definition) is 0. The van der Waals surface area contributed by atoms with E-state index in [0.717, 1.165) is 56.8 Å². The maximum atomic E-state index is 12.6. The van der Waals surface area contributed by atoms with Crippen molar-refractivity contribution >= 4 is 5.91 Å². The van der Waals surface area contributed by atoms with E-state index in [9.17, 15) is 4.79 Å². The van der Waals surface area contributed by atoms with E-state index in [1.807, 2.05) is 24.2 Å². The van der Waals surface area contributed by atoms with Crippen LogP contribution in [0.15, 0.2) is 16.9 Å². The fourth-order valence-electron chi connectivity index (χ4n) is 3.44. The number of aryl methyl sites for hydroxylation is 3. The Balaban J connectivity index is 1.50. The molecule has 0 aliphatic carbocycles. The van der Waals surface area contributed by atoms with Gasteiger partial charge in [0.15, 0.2) is 5.82 Å². The molecule has 7 nitrogen and oxygen atoms in total. The van der Waals surface area contributed by atoms with Crippen molar-refractivity contribution in [2.45, 2.75) is 64.8 Å². The Morgan fingerprint density at radius 3 is 3.00 bits per heavy atom. The molecule has 2 aromatic heterocycles. The van der Waals surface area contributed by atoms with Crippen LogP contribution in [0.1, 0.15) is 63.1 Å². The van der Waals surface area contributed by atoms with Crippen LogP contribution in [0.2, 0.25) is 0 Å². The summed E-state index contributed by atoms with van der Waals surface area (Å²) < 4.78 is 7.42. The van der Waals surface area contributed by atoms with Crippen LogP contribution < -0.4 is 0 Å². The molecule has 0 radical (unpaired) electrons. The van der Waals surface area contributed by atoms with Crippen molar-refractivity contribution in [1.82, 2.24) is 24.6 Å². The van der Waals surface area contributed by atoms with E-state index in [4.69, 9.17) is 4.52 Å². The number of piperidine rings is 1. The molecule has 1 aliphatic heterocycles. The third-order valence-corrected chi connectivity index (χ3v) is 4.82. The zero-order valence-corrected chi connectivity index (χ0v) is 15.1. The second-order valence-corrected chi connectivity index (χ2v) is 6.55. The van der Waals surface area contributed by atoms with E-state index in [-0.39, 0.29) is 5.91 Å². The van der Waals surface area contributed by atoms with Gasteiger partial charge < -0.3 is 14.0 Å². The molecule has 0 bridgehead atoms. The van der Waals surface area contributed by atoms with Crippen LogP contribution in [0.5, 0.6) is 0 Å². The minimum Gasteiger partial charge on any atom is -0.341 e. The molecule has 25 heavy (non-hydrogen) atoms. The molecular formula is C18H27N5O2. The number of nitrogens with zero attached hydrogens (tertiary/aromatic N) is 5. The lowest BCUT2D eigenvalue weighted by atomic mass is 10.0. The lowest BCUT2D eigenvalue weighted by Crippen LogP contribution is -2.40. The van der Waals surface area contributed by atoms with Gasteiger partial charge in [-0.25, -0.2) is 4.98 Å². The average Bonchev–Trinajstić information content (AvgIpc) is 3.30. The van der Waals surface area contributed by atoms with Crippen LogP contribution in [-0.2, 0) is 24.1 Å². The van der Waals surface area contributed by atoms with Crippen LogP contribution in [0, 0.1) is 0 Å². The fraction of sp³-hybridized carbons (Fsp3) is 0.667. The summed E-state index contributed by atoms with van der Waals surface area (Å²) in [7, 11) is 0. The first kappa shape index (κ1) is 17.6. The van der Waals surface area contributed by atoms with Crippen molar-refractivity contribution < 1.29 is 9.32 Å². The molecule has 7 heteroatoms. The first-order valence-electron chi connectivity index (χ1n) is 9.32. The van der Waals surface area contributed by atoms with Crippen molar-refractivity contribution in [2.75, 3.05) is 13.1 Å². The smallest absolute Gasteiger partial charge is 0.226 e. The van der Waals surface area contributed by atoms with Gasteiger partial charge in [-0.2, -0.15) is 4.98 Å². The molecular weight excluding hydrogens is 318 g/mol. The molecule has 0 aromatic carbocycles. The molecule has 1 aliphatic rings. The van der Waals surface area contributed by atoms with Crippen molar-refractivity contribution in [3.63, 3.8) is 0 Å². The summed E-state index contributed by atoms with van der Waals surface area (Å²) in [6.07, 6.45) is 9.67. The first-order chi connectivity index (χ1) is 12.2. The van der Waals surface area contributed by atoms with Gasteiger partial charge in [0.1, 0.15) is 5.82 Å². The van der Waals surface area contributed by atoms with E-state index in [1.165, 1.54) is 0 Å². The number of carbonyl (C=O) groups is 1. The third-order valence-electron chi connectivity index (χ3n) is 4.82. The zero-order valence-electron chi connectivity index (χ0n) is 15.1. The fourth-order valence-corrected chi connectivity index (χ4v) is 3.44. The largest absolute Gasteiger partial charge is 0.341 e. The number of carbonyl (C=O) groups excluding carboxylic acids is 1. The molecule has 136 valence electrons. The van der Waals surface area contributed by atoms with Gasteiger partial charge in [0, 0.05) is 51.2 Å². The quantitative estimate of drug-likeness (QED) is 0.771. The Hall–Kier alpha value is -2.18. The summed E-state index contributed by atoms with van der Waals surface area (Å²) >= 11 is 0. The molecule has 0 spiro atoms. The predicted octanol–water partition coefficient (Wildman–Crippen LogP) is 2.58. The average molecular weight is 345 g/mol. The van der Waals surface area contributed by atoms with Gasteiger partial charge in [-0.3, -0.25) is 4.79 Å². The first-order valence-corrected chi connectivity index (χ1v) is 9.32. The van der Waals surface area contributed by atoms with Gasteiger partial charge in [0.05, 0.1) is 6.04 Å². The zero-order chi connectivity index (χ0) is 17.6. The monoisotopic (exact) mass is 345 g/mol. The summed E-state index contributed by atoms with van der Waals surface area (Å²) in [5.41, 5.74) is 0. The Labute approximate surface area is 148 Å². The summed E-state index contributed by atoms with van der Waals surface area (Å²) in [5.74, 6) is 2.68. The molecule has 1 unspecified atom stereocenters. The molecule has 1 amide bonds. The highest BCUT2D eigenvalue weighted by Gasteiger charge is 2.25. The molecule has 3 heterocycles. The minimum atomic E-state index is 0.220. The van der Waals surface area contributed by atoms with Gasteiger partial charge >= 0.3 is 0 Å². The van der Waals surface area contributed by atoms with Crippen molar-refractivity contribution in [2.24, 2.45) is 0 Å². The lowest BCUT2D eigenvalue weighted by Gasteiger charge is -2.34. The van der Waals surface area contributed by atoms with E-state index >= 15 is 0 Å². The van der Waals surface area contributed by atoms with E-state index < -0.39 is 0 Å². The second kappa shape index (κ2) is 8.27. The Bertz CT molecular complexity index is 693. The van der Waals surface area contributed by atoms with Gasteiger partial charge in [-0.1, -0.05) is 19.0 Å². The molecule has 0 saturated carbocycles. The highest BCUT2D eigenvalue weighted by atomic mass is 16.5. The van der Waals surface area contributed by atoms with Crippen LogP contribution in [-0.4, -0.2) is 43.6 Å². The van der Waals surface area contributed by atoms with E-state index in [2.05, 4.69) is 26.6 Å². The summed E-state index contributed by atoms with van der Waals surface area (Å²) in [5, 5.41) is 3.89. The summed E-state index contributed by atoms with van der Waals surface area (Å²) in [4.78, 5) is 23.3. The Kier molecular flexibility index (Phi) is 5.83. The normalized spacial score (nSPS) is 17.8. The minimum absolute atomic E-state index is 0.220. The van der Waals surface area contributed by atoms with Crippen molar-refractivity contribution in [1.29, 1.82) is 0 Å². The molecule has 1 fully saturated rings. The van der Waals surface area contributed by atoms with Crippen LogP contribution in [0.25, 0.3) is 0 Å². The maximum Gasteiger partial charge on any atom is 0.226 e. The van der Waals surface area contributed by atoms with Crippen LogP contribution in [0.4, 0.5) is 0 Å². The maximum absolute atomic E-state index is 12.6.